The number of nitrogens with one attached hydrogen (secondary N) is 1. The fourth-order valence-corrected chi connectivity index (χ4v) is 9.50. The summed E-state index contributed by atoms with van der Waals surface area (Å²) in [7, 11) is 0. The molecule has 0 spiro atoms. The largest absolute Gasteiger partial charge is 0.398 e. The highest BCUT2D eigenvalue weighted by atomic mass is 35.5. The maximum atomic E-state index is 9.77. The van der Waals surface area contributed by atoms with E-state index in [-0.39, 0.29) is 10.8 Å². The lowest BCUT2D eigenvalue weighted by Gasteiger charge is -2.22. The molecule has 3 N–H and O–H groups in total. The molecule has 0 amide bonds. The van der Waals surface area contributed by atoms with Gasteiger partial charge in [0.05, 0.1) is 23.3 Å². The summed E-state index contributed by atoms with van der Waals surface area (Å²) in [5.74, 6) is 0. The monoisotopic (exact) mass is 864 g/mol. The molecule has 0 saturated carbocycles. The van der Waals surface area contributed by atoms with E-state index in [0.29, 0.717) is 0 Å². The molecule has 5 heteroatoms. The number of rotatable bonds is 4. The molecule has 2 aliphatic rings. The molecular weight excluding hydrogens is 812 g/mol. The minimum atomic E-state index is -0.121. The van der Waals surface area contributed by atoms with Crippen LogP contribution in [0, 0.1) is 50.4 Å². The summed E-state index contributed by atoms with van der Waals surface area (Å²) in [5.41, 5.74) is 28.9. The number of nitrogens with two attached hydrogens (primary N) is 1. The average Bonchev–Trinajstić information content (AvgIpc) is 3.67. The summed E-state index contributed by atoms with van der Waals surface area (Å²) in [6.07, 6.45) is 0. The number of fused-ring (bicyclic) bond motifs is 6. The summed E-state index contributed by atoms with van der Waals surface area (Å²) in [6.45, 7) is 17.2. The smallest absolute Gasteiger partial charge is 0.0998 e. The van der Waals surface area contributed by atoms with Gasteiger partial charge in [0.2, 0.25) is 0 Å². The Hall–Kier alpha value is -7.37. The zero-order valence-corrected chi connectivity index (χ0v) is 39.1. The minimum absolute atomic E-state index is 0.0765. The Kier molecular flexibility index (Phi) is 12.0. The van der Waals surface area contributed by atoms with Crippen molar-refractivity contribution in [3.05, 3.63) is 218 Å². The summed E-state index contributed by atoms with van der Waals surface area (Å²) in [4.78, 5) is 0. The zero-order chi connectivity index (χ0) is 46.2. The van der Waals surface area contributed by atoms with Gasteiger partial charge in [0.25, 0.3) is 0 Å². The van der Waals surface area contributed by atoms with Gasteiger partial charge in [-0.25, -0.2) is 0 Å². The molecule has 320 valence electrons. The molecule has 0 radical (unpaired) electrons. The second-order valence-electron chi connectivity index (χ2n) is 18.2. The third-order valence-corrected chi connectivity index (χ3v) is 13.7. The van der Waals surface area contributed by atoms with Crippen LogP contribution in [0.4, 0.5) is 17.1 Å². The lowest BCUT2D eigenvalue weighted by atomic mass is 9.81. The van der Waals surface area contributed by atoms with Crippen LogP contribution in [0.25, 0.3) is 44.5 Å². The average molecular weight is 866 g/mol. The Morgan fingerprint density at radius 2 is 0.908 bits per heavy atom. The molecule has 8 aromatic carbocycles. The van der Waals surface area contributed by atoms with Gasteiger partial charge in [0.1, 0.15) is 0 Å². The lowest BCUT2D eigenvalue weighted by Crippen LogP contribution is -2.15. The Morgan fingerprint density at radius 3 is 1.42 bits per heavy atom. The first-order valence-corrected chi connectivity index (χ1v) is 22.4. The van der Waals surface area contributed by atoms with Crippen molar-refractivity contribution in [1.29, 1.82) is 10.5 Å². The zero-order valence-electron chi connectivity index (χ0n) is 38.4. The molecule has 0 bridgehead atoms. The van der Waals surface area contributed by atoms with Crippen molar-refractivity contribution in [2.24, 2.45) is 0 Å². The fraction of sp³-hybridized carbons (Fsp3) is 0.167. The highest BCUT2D eigenvalue weighted by molar-refractivity contribution is 6.31. The molecule has 0 fully saturated rings. The van der Waals surface area contributed by atoms with Crippen LogP contribution in [0.15, 0.2) is 158 Å². The van der Waals surface area contributed by atoms with Gasteiger partial charge in [-0.2, -0.15) is 10.5 Å². The summed E-state index contributed by atoms with van der Waals surface area (Å²) >= 11 is 6.26. The maximum Gasteiger partial charge on any atom is 0.0998 e. The van der Waals surface area contributed by atoms with Crippen molar-refractivity contribution < 1.29 is 0 Å². The van der Waals surface area contributed by atoms with Crippen LogP contribution in [0.5, 0.6) is 0 Å². The van der Waals surface area contributed by atoms with Gasteiger partial charge in [-0.3, -0.25) is 0 Å². The minimum Gasteiger partial charge on any atom is -0.398 e. The highest BCUT2D eigenvalue weighted by Gasteiger charge is 2.38. The van der Waals surface area contributed by atoms with Crippen LogP contribution in [0.2, 0.25) is 5.02 Å². The predicted octanol–water partition coefficient (Wildman–Crippen LogP) is 16.0. The Balaban J connectivity index is 0.000000147. The molecule has 0 aromatic heterocycles. The molecule has 4 nitrogen and oxygen atoms in total. The third kappa shape index (κ3) is 8.31. The van der Waals surface area contributed by atoms with Gasteiger partial charge in [-0.1, -0.05) is 161 Å². The van der Waals surface area contributed by atoms with E-state index in [1.807, 2.05) is 74.5 Å². The Labute approximate surface area is 389 Å². The second kappa shape index (κ2) is 17.7. The van der Waals surface area contributed by atoms with E-state index >= 15 is 0 Å². The summed E-state index contributed by atoms with van der Waals surface area (Å²) in [6, 6.07) is 58.8. The molecule has 0 unspecified atom stereocenters. The van der Waals surface area contributed by atoms with Gasteiger partial charge in [-0.15, -0.1) is 0 Å². The first kappa shape index (κ1) is 44.2. The standard InChI is InChI=1S/C30H26N2.C17H14ClN.C13H13N/c1-19-13-14-22(21-9-6-5-7-10-21)16-27(19)32-28-17-24-26(15-20(28)2)30(3,4)25-12-8-11-23(18-31)29(24)25;1-10-7-14-12(8-15(10)18)16-11(9-19)5-4-6-13(16)17(14,2)3;1-10-7-8-12(9-13(10)14)11-5-3-2-4-6-11/h5-17,32H,1-4H3;4-8H,1-3H3;2-9H,14H2,1H3. The fourth-order valence-electron chi connectivity index (χ4n) is 9.34. The SMILES string of the molecule is Cc1cc2c(cc1Cl)-c1c(C#N)cccc1C2(C)C.Cc1ccc(-c2ccccc2)cc1N.Cc1ccc(-c2ccccc2)cc1Nc1cc2c(cc1C)C(C)(C)c1cccc(C#N)c1-2. The quantitative estimate of drug-likeness (QED) is 0.173. The van der Waals surface area contributed by atoms with Crippen molar-refractivity contribution >= 4 is 28.7 Å². The van der Waals surface area contributed by atoms with Gasteiger partial charge >= 0.3 is 0 Å². The summed E-state index contributed by atoms with van der Waals surface area (Å²) < 4.78 is 0. The number of aryl methyl sites for hydroxylation is 4. The van der Waals surface area contributed by atoms with Crippen molar-refractivity contribution in [2.75, 3.05) is 11.1 Å². The van der Waals surface area contributed by atoms with Crippen LogP contribution in [0.1, 0.15) is 83.3 Å². The first-order valence-electron chi connectivity index (χ1n) is 22.0. The van der Waals surface area contributed by atoms with Crippen LogP contribution in [-0.2, 0) is 10.8 Å². The number of halogens is 1. The van der Waals surface area contributed by atoms with Crippen molar-refractivity contribution in [3.63, 3.8) is 0 Å². The molecule has 0 aliphatic heterocycles. The van der Waals surface area contributed by atoms with E-state index in [0.717, 1.165) is 66.6 Å². The normalized spacial score (nSPS) is 13.0. The van der Waals surface area contributed by atoms with Crippen LogP contribution < -0.4 is 11.1 Å². The Morgan fingerprint density at radius 1 is 0.446 bits per heavy atom. The number of nitrogens with zero attached hydrogens (tertiary/aromatic N) is 2. The van der Waals surface area contributed by atoms with E-state index in [1.165, 1.54) is 55.6 Å². The number of benzene rings is 8. The number of hydrogen-bond donors (Lipinski definition) is 2. The highest BCUT2D eigenvalue weighted by Crippen LogP contribution is 2.52. The van der Waals surface area contributed by atoms with Gasteiger partial charge in [-0.05, 0) is 142 Å². The molecule has 65 heavy (non-hydrogen) atoms. The summed E-state index contributed by atoms with van der Waals surface area (Å²) in [5, 5.41) is 23.6. The number of anilines is 3. The van der Waals surface area contributed by atoms with Gasteiger partial charge < -0.3 is 11.1 Å². The predicted molar refractivity (Wildman–Crippen MR) is 273 cm³/mol. The molecule has 0 heterocycles. The van der Waals surface area contributed by atoms with Gasteiger partial charge in [0, 0.05) is 44.0 Å². The van der Waals surface area contributed by atoms with Crippen molar-refractivity contribution in [3.8, 4) is 56.6 Å². The molecule has 8 aromatic rings. The number of nitriles is 2. The van der Waals surface area contributed by atoms with Crippen molar-refractivity contribution in [1.82, 2.24) is 0 Å². The third-order valence-electron chi connectivity index (χ3n) is 13.3. The van der Waals surface area contributed by atoms with E-state index in [2.05, 4.69) is 156 Å². The van der Waals surface area contributed by atoms with E-state index in [1.54, 1.807) is 0 Å². The topological polar surface area (TPSA) is 85.6 Å². The van der Waals surface area contributed by atoms with Crippen molar-refractivity contribution in [2.45, 2.75) is 66.2 Å². The lowest BCUT2D eigenvalue weighted by molar-refractivity contribution is 0.659. The molecular formula is C60H53ClN4. The van der Waals surface area contributed by atoms with Crippen LogP contribution in [0.3, 0.4) is 0 Å². The Bertz CT molecular complexity index is 3200. The van der Waals surface area contributed by atoms with E-state index in [9.17, 15) is 10.5 Å². The molecule has 10 rings (SSSR count). The first-order chi connectivity index (χ1) is 31.1. The van der Waals surface area contributed by atoms with Gasteiger partial charge in [0.15, 0.2) is 0 Å². The molecule has 0 atom stereocenters. The van der Waals surface area contributed by atoms with Crippen LogP contribution in [-0.4, -0.2) is 0 Å². The molecule has 2 aliphatic carbocycles. The maximum absolute atomic E-state index is 9.77. The number of hydrogen-bond acceptors (Lipinski definition) is 4. The van der Waals surface area contributed by atoms with E-state index in [4.69, 9.17) is 17.3 Å². The molecule has 0 saturated heterocycles. The van der Waals surface area contributed by atoms with Crippen LogP contribution >= 0.6 is 11.6 Å². The van der Waals surface area contributed by atoms with E-state index < -0.39 is 0 Å². The number of nitrogen functional groups attached to an aromatic ring is 1. The second-order valence-corrected chi connectivity index (χ2v) is 18.7.